The van der Waals surface area contributed by atoms with Gasteiger partial charge in [-0.3, -0.25) is 0 Å². The normalized spacial score (nSPS) is 10.5. The molecular formula is C17H19ClO. The second-order valence-corrected chi connectivity index (χ2v) is 5.17. The van der Waals surface area contributed by atoms with E-state index < -0.39 is 0 Å². The maximum absolute atomic E-state index is 5.62. The lowest BCUT2D eigenvalue weighted by molar-refractivity contribution is 0.318. The van der Waals surface area contributed by atoms with Crippen molar-refractivity contribution in [1.29, 1.82) is 0 Å². The lowest BCUT2D eigenvalue weighted by Crippen LogP contribution is -1.97. The van der Waals surface area contributed by atoms with Gasteiger partial charge in [-0.25, -0.2) is 0 Å². The summed E-state index contributed by atoms with van der Waals surface area (Å²) in [5.41, 5.74) is 5.05. The summed E-state index contributed by atoms with van der Waals surface area (Å²) >= 11 is 5.62. The Bertz CT molecular complexity index is 511. The van der Waals surface area contributed by atoms with Crippen LogP contribution in [-0.4, -0.2) is 12.5 Å². The van der Waals surface area contributed by atoms with Crippen LogP contribution in [0, 0.1) is 13.8 Å². The molecule has 0 aromatic heterocycles. The Morgan fingerprint density at radius 2 is 1.53 bits per heavy atom. The molecule has 0 heterocycles. The van der Waals surface area contributed by atoms with Crippen molar-refractivity contribution in [2.24, 2.45) is 0 Å². The van der Waals surface area contributed by atoms with Crippen LogP contribution in [0.15, 0.2) is 42.5 Å². The van der Waals surface area contributed by atoms with Crippen LogP contribution in [0.5, 0.6) is 5.75 Å². The van der Waals surface area contributed by atoms with E-state index in [4.69, 9.17) is 16.3 Å². The number of halogens is 1. The summed E-state index contributed by atoms with van der Waals surface area (Å²) in [6.45, 7) is 4.92. The van der Waals surface area contributed by atoms with Gasteiger partial charge in [-0.15, -0.1) is 11.6 Å². The molecule has 0 bridgehead atoms. The van der Waals surface area contributed by atoms with E-state index in [1.807, 2.05) is 12.1 Å². The largest absolute Gasteiger partial charge is 0.494 e. The van der Waals surface area contributed by atoms with Gasteiger partial charge in [0.1, 0.15) is 5.75 Å². The smallest absolute Gasteiger partial charge is 0.119 e. The molecule has 0 saturated carbocycles. The molecule has 2 heteroatoms. The number of alkyl halides is 1. The molecule has 1 nitrogen and oxygen atoms in total. The van der Waals surface area contributed by atoms with Gasteiger partial charge >= 0.3 is 0 Å². The molecule has 0 saturated heterocycles. The van der Waals surface area contributed by atoms with Crippen molar-refractivity contribution in [2.75, 3.05) is 12.5 Å². The van der Waals surface area contributed by atoms with E-state index >= 15 is 0 Å². The predicted molar refractivity (Wildman–Crippen MR) is 82.2 cm³/mol. The van der Waals surface area contributed by atoms with Crippen molar-refractivity contribution in [2.45, 2.75) is 20.3 Å². The zero-order chi connectivity index (χ0) is 13.7. The minimum Gasteiger partial charge on any atom is -0.494 e. The Hall–Kier alpha value is -1.47. The molecule has 0 fully saturated rings. The summed E-state index contributed by atoms with van der Waals surface area (Å²) in [7, 11) is 0. The molecule has 0 aliphatic heterocycles. The number of benzene rings is 2. The van der Waals surface area contributed by atoms with Crippen LogP contribution in [0.1, 0.15) is 17.5 Å². The van der Waals surface area contributed by atoms with E-state index in [-0.39, 0.29) is 0 Å². The van der Waals surface area contributed by atoms with Crippen molar-refractivity contribution in [3.05, 3.63) is 53.6 Å². The first-order chi connectivity index (χ1) is 9.19. The second-order valence-electron chi connectivity index (χ2n) is 4.79. The van der Waals surface area contributed by atoms with Crippen molar-refractivity contribution >= 4 is 11.6 Å². The van der Waals surface area contributed by atoms with Crippen LogP contribution in [0.25, 0.3) is 11.1 Å². The van der Waals surface area contributed by atoms with Gasteiger partial charge in [0.2, 0.25) is 0 Å². The maximum Gasteiger partial charge on any atom is 0.119 e. The van der Waals surface area contributed by atoms with Gasteiger partial charge in [-0.1, -0.05) is 41.5 Å². The van der Waals surface area contributed by atoms with Crippen LogP contribution in [0.3, 0.4) is 0 Å². The summed E-state index contributed by atoms with van der Waals surface area (Å²) in [6.07, 6.45) is 0.875. The molecule has 0 spiro atoms. The SMILES string of the molecule is Cc1cc(C)cc(-c2ccc(OCCCCl)cc2)c1. The van der Waals surface area contributed by atoms with E-state index in [0.717, 1.165) is 12.2 Å². The number of aryl methyl sites for hydroxylation is 2. The lowest BCUT2D eigenvalue weighted by atomic mass is 10.0. The van der Waals surface area contributed by atoms with Gasteiger partial charge < -0.3 is 4.74 Å². The molecule has 2 aromatic carbocycles. The standard InChI is InChI=1S/C17H19ClO/c1-13-10-14(2)12-16(11-13)15-4-6-17(7-5-15)19-9-3-8-18/h4-7,10-12H,3,8-9H2,1-2H3. The van der Waals surface area contributed by atoms with Crippen molar-refractivity contribution < 1.29 is 4.74 Å². The molecular weight excluding hydrogens is 256 g/mol. The zero-order valence-corrected chi connectivity index (χ0v) is 12.2. The zero-order valence-electron chi connectivity index (χ0n) is 11.4. The summed E-state index contributed by atoms with van der Waals surface area (Å²) in [5.74, 6) is 1.54. The maximum atomic E-state index is 5.62. The lowest BCUT2D eigenvalue weighted by Gasteiger charge is -2.08. The third-order valence-electron chi connectivity index (χ3n) is 2.96. The van der Waals surface area contributed by atoms with E-state index in [9.17, 15) is 0 Å². The Labute approximate surface area is 120 Å². The molecule has 0 radical (unpaired) electrons. The molecule has 0 atom stereocenters. The predicted octanol–water partition coefficient (Wildman–Crippen LogP) is 4.98. The van der Waals surface area contributed by atoms with Gasteiger partial charge in [0.25, 0.3) is 0 Å². The van der Waals surface area contributed by atoms with Crippen LogP contribution in [0.2, 0.25) is 0 Å². The molecule has 0 N–H and O–H groups in total. The number of hydrogen-bond acceptors (Lipinski definition) is 1. The van der Waals surface area contributed by atoms with Crippen LogP contribution >= 0.6 is 11.6 Å². The number of hydrogen-bond donors (Lipinski definition) is 0. The molecule has 0 aliphatic rings. The third kappa shape index (κ3) is 4.00. The summed E-state index contributed by atoms with van der Waals surface area (Å²) < 4.78 is 5.60. The van der Waals surface area contributed by atoms with Gasteiger partial charge in [-0.05, 0) is 43.5 Å². The van der Waals surface area contributed by atoms with Gasteiger partial charge in [0.05, 0.1) is 6.61 Å². The molecule has 100 valence electrons. The van der Waals surface area contributed by atoms with E-state index in [2.05, 4.69) is 44.2 Å². The molecule has 0 unspecified atom stereocenters. The summed E-state index contributed by atoms with van der Waals surface area (Å²) in [4.78, 5) is 0. The average molecular weight is 275 g/mol. The highest BCUT2D eigenvalue weighted by Crippen LogP contribution is 2.24. The summed E-state index contributed by atoms with van der Waals surface area (Å²) in [5, 5.41) is 0. The van der Waals surface area contributed by atoms with E-state index in [1.165, 1.54) is 22.3 Å². The van der Waals surface area contributed by atoms with Crippen molar-refractivity contribution in [3.8, 4) is 16.9 Å². The van der Waals surface area contributed by atoms with E-state index in [0.29, 0.717) is 12.5 Å². The fourth-order valence-corrected chi connectivity index (χ4v) is 2.24. The van der Waals surface area contributed by atoms with Crippen LogP contribution in [-0.2, 0) is 0 Å². The molecule has 2 aromatic rings. The van der Waals surface area contributed by atoms with Crippen LogP contribution in [0.4, 0.5) is 0 Å². The first-order valence-electron chi connectivity index (χ1n) is 6.56. The average Bonchev–Trinajstić information content (AvgIpc) is 2.39. The molecule has 19 heavy (non-hydrogen) atoms. The Balaban J connectivity index is 2.13. The quantitative estimate of drug-likeness (QED) is 0.552. The second kappa shape index (κ2) is 6.63. The van der Waals surface area contributed by atoms with E-state index in [1.54, 1.807) is 0 Å². The molecule has 2 rings (SSSR count). The van der Waals surface area contributed by atoms with Crippen LogP contribution < -0.4 is 4.74 Å². The highest BCUT2D eigenvalue weighted by atomic mass is 35.5. The highest BCUT2D eigenvalue weighted by Gasteiger charge is 2.00. The Kier molecular flexibility index (Phi) is 4.86. The van der Waals surface area contributed by atoms with Crippen molar-refractivity contribution in [3.63, 3.8) is 0 Å². The minimum atomic E-state index is 0.640. The van der Waals surface area contributed by atoms with Crippen molar-refractivity contribution in [1.82, 2.24) is 0 Å². The summed E-state index contributed by atoms with van der Waals surface area (Å²) in [6, 6.07) is 14.8. The fraction of sp³-hybridized carbons (Fsp3) is 0.294. The third-order valence-corrected chi connectivity index (χ3v) is 3.22. The highest BCUT2D eigenvalue weighted by molar-refractivity contribution is 6.17. The molecule has 0 aliphatic carbocycles. The monoisotopic (exact) mass is 274 g/mol. The topological polar surface area (TPSA) is 9.23 Å². The first kappa shape index (κ1) is 14.0. The number of ether oxygens (including phenoxy) is 1. The Morgan fingerprint density at radius 3 is 2.11 bits per heavy atom. The molecule has 0 amide bonds. The number of rotatable bonds is 5. The minimum absolute atomic E-state index is 0.640. The fourth-order valence-electron chi connectivity index (χ4n) is 2.13. The Morgan fingerprint density at radius 1 is 0.895 bits per heavy atom. The first-order valence-corrected chi connectivity index (χ1v) is 7.10. The van der Waals surface area contributed by atoms with Gasteiger partial charge in [0, 0.05) is 5.88 Å². The van der Waals surface area contributed by atoms with Gasteiger partial charge in [-0.2, -0.15) is 0 Å². The van der Waals surface area contributed by atoms with Gasteiger partial charge in [0.15, 0.2) is 0 Å².